The molecule has 14 nitrogen and oxygen atoms in total. The van der Waals surface area contributed by atoms with E-state index in [-0.39, 0.29) is 41.9 Å². The number of carbonyl (C=O) groups is 3. The van der Waals surface area contributed by atoms with Crippen molar-refractivity contribution in [2.45, 2.75) is 50.4 Å². The van der Waals surface area contributed by atoms with Crippen LogP contribution in [0.1, 0.15) is 52.6 Å². The molecule has 1 saturated heterocycles. The van der Waals surface area contributed by atoms with Crippen molar-refractivity contribution in [1.29, 1.82) is 0 Å². The molecule has 2 aromatic heterocycles. The van der Waals surface area contributed by atoms with Crippen LogP contribution in [-0.2, 0) is 9.53 Å². The third-order valence-corrected chi connectivity index (χ3v) is 6.34. The lowest BCUT2D eigenvalue weighted by Gasteiger charge is -2.16. The number of aliphatic hydroxyl groups is 3. The second kappa shape index (κ2) is 9.82. The van der Waals surface area contributed by atoms with E-state index in [9.17, 15) is 34.5 Å². The molecule has 0 aliphatic carbocycles. The number of fused-ring (bicyclic) bond motifs is 2. The molecule has 0 bridgehead atoms. The maximum absolute atomic E-state index is 12.4. The maximum Gasteiger partial charge on any atom is 0.280 e. The van der Waals surface area contributed by atoms with Gasteiger partial charge in [-0.2, -0.15) is 4.98 Å². The Hall–Kier alpha value is -3.98. The van der Waals surface area contributed by atoms with Crippen LogP contribution in [0.3, 0.4) is 0 Å². The first-order valence-corrected chi connectivity index (χ1v) is 11.7. The van der Waals surface area contributed by atoms with Gasteiger partial charge in [0, 0.05) is 13.0 Å². The molecule has 14 heteroatoms. The zero-order valence-corrected chi connectivity index (χ0v) is 19.4. The minimum atomic E-state index is -1.63. The molecule has 0 spiro atoms. The second-order valence-electron chi connectivity index (χ2n) is 8.80. The number of aromatic nitrogens is 4. The van der Waals surface area contributed by atoms with Crippen molar-refractivity contribution in [3.8, 4) is 0 Å². The molecule has 2 aliphatic rings. The molecule has 0 radical (unpaired) electrons. The Balaban J connectivity index is 1.15. The van der Waals surface area contributed by atoms with Gasteiger partial charge in [-0.15, -0.1) is 0 Å². The van der Waals surface area contributed by atoms with E-state index in [1.165, 1.54) is 15.8 Å². The number of aromatic amines is 1. The summed E-state index contributed by atoms with van der Waals surface area (Å²) < 4.78 is 6.32. The normalized spacial score (nSPS) is 23.2. The van der Waals surface area contributed by atoms with Gasteiger partial charge in [-0.25, -0.2) is 4.98 Å². The standard InChI is InChI=1S/C23H24N6O8/c30-13(8-2-1-5-9-28-19(34)11-6-3-4-7-12(11)20(28)35)25-23-26-17-14(18(33)27-23)24-10-29(17)21-15(31)16(32)22(36)37-21/h3-4,6-7,10,15-16,21-22,31-32,36H,1-2,5,8-9H2,(H2,25,26,27,30,33). The summed E-state index contributed by atoms with van der Waals surface area (Å²) in [5.41, 5.74) is 0.0397. The third-order valence-electron chi connectivity index (χ3n) is 6.34. The van der Waals surface area contributed by atoms with Gasteiger partial charge in [-0.1, -0.05) is 18.6 Å². The lowest BCUT2D eigenvalue weighted by atomic mass is 10.1. The Morgan fingerprint density at radius 1 is 1.03 bits per heavy atom. The van der Waals surface area contributed by atoms with Crippen LogP contribution in [0.4, 0.5) is 5.95 Å². The molecular weight excluding hydrogens is 488 g/mol. The molecule has 3 amide bonds. The molecule has 0 saturated carbocycles. The molecule has 37 heavy (non-hydrogen) atoms. The molecule has 2 aliphatic heterocycles. The van der Waals surface area contributed by atoms with Crippen LogP contribution in [0.15, 0.2) is 35.4 Å². The lowest BCUT2D eigenvalue weighted by Crippen LogP contribution is -2.31. The largest absolute Gasteiger partial charge is 0.385 e. The highest BCUT2D eigenvalue weighted by atomic mass is 16.7. The number of ether oxygens (including phenoxy) is 1. The highest BCUT2D eigenvalue weighted by Crippen LogP contribution is 2.30. The number of H-pyrrole nitrogens is 1. The summed E-state index contributed by atoms with van der Waals surface area (Å²) in [6.45, 7) is 0.252. The third kappa shape index (κ3) is 4.51. The van der Waals surface area contributed by atoms with Gasteiger partial charge < -0.3 is 20.1 Å². The van der Waals surface area contributed by atoms with Crippen molar-refractivity contribution in [3.05, 3.63) is 52.1 Å². The lowest BCUT2D eigenvalue weighted by molar-refractivity contribution is -0.141. The molecule has 4 atom stereocenters. The number of nitrogens with one attached hydrogen (secondary N) is 2. The van der Waals surface area contributed by atoms with Gasteiger partial charge in [0.15, 0.2) is 23.7 Å². The highest BCUT2D eigenvalue weighted by molar-refractivity contribution is 6.21. The fraction of sp³-hybridized carbons (Fsp3) is 0.391. The molecule has 4 heterocycles. The molecule has 194 valence electrons. The van der Waals surface area contributed by atoms with Crippen molar-refractivity contribution in [1.82, 2.24) is 24.4 Å². The Labute approximate surface area is 208 Å². The summed E-state index contributed by atoms with van der Waals surface area (Å²) in [6, 6.07) is 6.66. The average molecular weight is 512 g/mol. The van der Waals surface area contributed by atoms with Gasteiger partial charge >= 0.3 is 0 Å². The van der Waals surface area contributed by atoms with E-state index in [0.29, 0.717) is 30.4 Å². The highest BCUT2D eigenvalue weighted by Gasteiger charge is 2.43. The van der Waals surface area contributed by atoms with Gasteiger partial charge in [0.2, 0.25) is 11.9 Å². The molecule has 5 N–H and O–H groups in total. The van der Waals surface area contributed by atoms with Crippen LogP contribution in [0, 0.1) is 0 Å². The molecular formula is C23H24N6O8. The number of benzene rings is 1. The van der Waals surface area contributed by atoms with Crippen LogP contribution in [-0.4, -0.2) is 82.5 Å². The quantitative estimate of drug-likeness (QED) is 0.193. The van der Waals surface area contributed by atoms with Crippen molar-refractivity contribution < 1.29 is 34.4 Å². The van der Waals surface area contributed by atoms with Crippen molar-refractivity contribution >= 4 is 34.8 Å². The van der Waals surface area contributed by atoms with Crippen molar-refractivity contribution in [3.63, 3.8) is 0 Å². The summed E-state index contributed by atoms with van der Waals surface area (Å²) in [7, 11) is 0. The number of unbranched alkanes of at least 4 members (excludes halogenated alkanes) is 2. The number of carbonyl (C=O) groups excluding carboxylic acids is 3. The zero-order valence-electron chi connectivity index (χ0n) is 19.4. The van der Waals surface area contributed by atoms with E-state index in [0.717, 1.165) is 0 Å². The van der Waals surface area contributed by atoms with Gasteiger partial charge in [-0.05, 0) is 25.0 Å². The van der Waals surface area contributed by atoms with E-state index in [1.54, 1.807) is 24.3 Å². The Bertz CT molecular complexity index is 1400. The predicted octanol–water partition coefficient (Wildman–Crippen LogP) is -0.516. The number of imidazole rings is 1. The molecule has 4 unspecified atom stereocenters. The summed E-state index contributed by atoms with van der Waals surface area (Å²) in [5, 5.41) is 32.0. The molecule has 5 rings (SSSR count). The van der Waals surface area contributed by atoms with Crippen LogP contribution in [0.25, 0.3) is 11.2 Å². The first-order valence-electron chi connectivity index (χ1n) is 11.7. The topological polar surface area (TPSA) is 200 Å². The number of aliphatic hydroxyl groups excluding tert-OH is 3. The minimum Gasteiger partial charge on any atom is -0.385 e. The van der Waals surface area contributed by atoms with E-state index < -0.39 is 36.2 Å². The number of hydrogen-bond donors (Lipinski definition) is 5. The predicted molar refractivity (Wildman–Crippen MR) is 125 cm³/mol. The fourth-order valence-corrected chi connectivity index (χ4v) is 4.41. The van der Waals surface area contributed by atoms with Crippen LogP contribution < -0.4 is 10.9 Å². The van der Waals surface area contributed by atoms with E-state index >= 15 is 0 Å². The smallest absolute Gasteiger partial charge is 0.280 e. The van der Waals surface area contributed by atoms with Gasteiger partial charge in [0.25, 0.3) is 17.4 Å². The van der Waals surface area contributed by atoms with E-state index in [2.05, 4.69) is 20.3 Å². The Morgan fingerprint density at radius 2 is 1.73 bits per heavy atom. The number of anilines is 1. The van der Waals surface area contributed by atoms with E-state index in [4.69, 9.17) is 4.74 Å². The maximum atomic E-state index is 12.4. The fourth-order valence-electron chi connectivity index (χ4n) is 4.41. The molecule has 1 fully saturated rings. The first kappa shape index (κ1) is 24.7. The molecule has 3 aromatic rings. The molecule has 1 aromatic carbocycles. The summed E-state index contributed by atoms with van der Waals surface area (Å²) >= 11 is 0. The van der Waals surface area contributed by atoms with Crippen molar-refractivity contribution in [2.75, 3.05) is 11.9 Å². The second-order valence-corrected chi connectivity index (χ2v) is 8.80. The number of hydrogen-bond acceptors (Lipinski definition) is 10. The Morgan fingerprint density at radius 3 is 2.38 bits per heavy atom. The van der Waals surface area contributed by atoms with Gasteiger partial charge in [0.05, 0.1) is 17.5 Å². The van der Waals surface area contributed by atoms with Crippen LogP contribution in [0.5, 0.6) is 0 Å². The first-order chi connectivity index (χ1) is 17.8. The summed E-state index contributed by atoms with van der Waals surface area (Å²) in [6.07, 6.45) is -3.06. The zero-order chi connectivity index (χ0) is 26.3. The summed E-state index contributed by atoms with van der Waals surface area (Å²) in [4.78, 5) is 61.3. The van der Waals surface area contributed by atoms with Gasteiger partial charge in [-0.3, -0.25) is 38.9 Å². The SMILES string of the molecule is O=C(CCCCCN1C(=O)c2ccccc2C1=O)Nc1nc2c(ncn2C2OC(O)C(O)C2O)c(=O)[nH]1. The number of nitrogens with zero attached hydrogens (tertiary/aromatic N) is 4. The number of amides is 3. The van der Waals surface area contributed by atoms with Gasteiger partial charge in [0.1, 0.15) is 12.2 Å². The minimum absolute atomic E-state index is 0.0228. The van der Waals surface area contributed by atoms with Crippen LogP contribution >= 0.6 is 0 Å². The van der Waals surface area contributed by atoms with E-state index in [1.807, 2.05) is 0 Å². The number of imide groups is 1. The monoisotopic (exact) mass is 512 g/mol. The Kier molecular flexibility index (Phi) is 6.55. The number of rotatable bonds is 8. The summed E-state index contributed by atoms with van der Waals surface area (Å²) in [5.74, 6) is -1.20. The van der Waals surface area contributed by atoms with Crippen molar-refractivity contribution in [2.24, 2.45) is 0 Å². The average Bonchev–Trinajstić information content (AvgIpc) is 3.49. The van der Waals surface area contributed by atoms with Crippen LogP contribution in [0.2, 0.25) is 0 Å².